The standard InChI is InChI=1S/C17H32O4/c1-14(2,3)16(7,8)12(18)20-11-21-13(19)17(9,10)15(4,5)6/h11H2,1-10H3. The molecule has 0 saturated carbocycles. The molecule has 0 aromatic carbocycles. The van der Waals surface area contributed by atoms with Crippen molar-refractivity contribution in [2.75, 3.05) is 6.79 Å². The van der Waals surface area contributed by atoms with E-state index in [-0.39, 0.29) is 29.6 Å². The second-order valence-corrected chi connectivity index (χ2v) is 8.73. The molecular formula is C17H32O4. The molecule has 0 spiro atoms. The van der Waals surface area contributed by atoms with E-state index >= 15 is 0 Å². The topological polar surface area (TPSA) is 52.6 Å². The molecule has 0 amide bonds. The van der Waals surface area contributed by atoms with Crippen LogP contribution in [-0.4, -0.2) is 18.7 Å². The van der Waals surface area contributed by atoms with Gasteiger partial charge in [-0.05, 0) is 38.5 Å². The van der Waals surface area contributed by atoms with Crippen molar-refractivity contribution in [2.24, 2.45) is 21.7 Å². The van der Waals surface area contributed by atoms with Crippen LogP contribution < -0.4 is 0 Å². The Balaban J connectivity index is 4.60. The number of rotatable bonds is 4. The molecule has 0 aromatic heterocycles. The Morgan fingerprint density at radius 3 is 1.05 bits per heavy atom. The third-order valence-corrected chi connectivity index (χ3v) is 5.15. The van der Waals surface area contributed by atoms with E-state index in [1.807, 2.05) is 69.2 Å². The summed E-state index contributed by atoms with van der Waals surface area (Å²) < 4.78 is 10.3. The van der Waals surface area contributed by atoms with Gasteiger partial charge in [0, 0.05) is 0 Å². The van der Waals surface area contributed by atoms with Crippen LogP contribution in [0.3, 0.4) is 0 Å². The first-order valence-electron chi connectivity index (χ1n) is 7.39. The van der Waals surface area contributed by atoms with Gasteiger partial charge >= 0.3 is 11.9 Å². The van der Waals surface area contributed by atoms with E-state index < -0.39 is 10.8 Å². The van der Waals surface area contributed by atoms with Crippen molar-refractivity contribution < 1.29 is 19.1 Å². The van der Waals surface area contributed by atoms with Crippen LogP contribution in [0.25, 0.3) is 0 Å². The lowest BCUT2D eigenvalue weighted by Crippen LogP contribution is -2.41. The van der Waals surface area contributed by atoms with Gasteiger partial charge in [0.1, 0.15) is 0 Å². The molecule has 0 rings (SSSR count). The van der Waals surface area contributed by atoms with Crippen molar-refractivity contribution in [3.8, 4) is 0 Å². The molecule has 124 valence electrons. The van der Waals surface area contributed by atoms with E-state index in [1.165, 1.54) is 0 Å². The van der Waals surface area contributed by atoms with Gasteiger partial charge in [0.2, 0.25) is 6.79 Å². The number of hydrogen-bond donors (Lipinski definition) is 0. The van der Waals surface area contributed by atoms with Crippen molar-refractivity contribution in [1.82, 2.24) is 0 Å². The maximum atomic E-state index is 12.1. The summed E-state index contributed by atoms with van der Waals surface area (Å²) in [6, 6.07) is 0. The Labute approximate surface area is 129 Å². The molecule has 0 aliphatic heterocycles. The molecule has 0 aliphatic carbocycles. The van der Waals surface area contributed by atoms with Gasteiger partial charge in [-0.1, -0.05) is 41.5 Å². The van der Waals surface area contributed by atoms with Crippen molar-refractivity contribution >= 4 is 11.9 Å². The molecule has 0 radical (unpaired) electrons. The predicted molar refractivity (Wildman–Crippen MR) is 83.5 cm³/mol. The Bertz CT molecular complexity index is 354. The lowest BCUT2D eigenvalue weighted by Gasteiger charge is -2.37. The molecule has 21 heavy (non-hydrogen) atoms. The van der Waals surface area contributed by atoms with Gasteiger partial charge in [-0.2, -0.15) is 0 Å². The highest BCUT2D eigenvalue weighted by Gasteiger charge is 2.43. The summed E-state index contributed by atoms with van der Waals surface area (Å²) in [6.07, 6.45) is 0. The highest BCUT2D eigenvalue weighted by atomic mass is 16.7. The summed E-state index contributed by atoms with van der Waals surface area (Å²) >= 11 is 0. The van der Waals surface area contributed by atoms with Crippen LogP contribution >= 0.6 is 0 Å². The fourth-order valence-electron chi connectivity index (χ4n) is 1.11. The molecule has 0 aromatic rings. The summed E-state index contributed by atoms with van der Waals surface area (Å²) in [5.41, 5.74) is -1.78. The van der Waals surface area contributed by atoms with Crippen molar-refractivity contribution in [3.05, 3.63) is 0 Å². The first-order chi connectivity index (χ1) is 9.05. The zero-order chi connectivity index (χ0) is 17.3. The van der Waals surface area contributed by atoms with Crippen LogP contribution in [-0.2, 0) is 19.1 Å². The van der Waals surface area contributed by atoms with Crippen LogP contribution in [0.4, 0.5) is 0 Å². The second kappa shape index (κ2) is 5.98. The quantitative estimate of drug-likeness (QED) is 0.577. The summed E-state index contributed by atoms with van der Waals surface area (Å²) in [6.45, 7) is 18.8. The largest absolute Gasteiger partial charge is 0.427 e. The molecular weight excluding hydrogens is 268 g/mol. The van der Waals surface area contributed by atoms with E-state index in [9.17, 15) is 9.59 Å². The Hall–Kier alpha value is -1.06. The summed E-state index contributed by atoms with van der Waals surface area (Å²) in [5, 5.41) is 0. The second-order valence-electron chi connectivity index (χ2n) is 8.73. The molecule has 0 saturated heterocycles. The highest BCUT2D eigenvalue weighted by molar-refractivity contribution is 5.78. The van der Waals surface area contributed by atoms with Gasteiger partial charge in [-0.25, -0.2) is 0 Å². The smallest absolute Gasteiger partial charge is 0.314 e. The third-order valence-electron chi connectivity index (χ3n) is 5.15. The minimum atomic E-state index is -0.654. The fraction of sp³-hybridized carbons (Fsp3) is 0.882. The summed E-state index contributed by atoms with van der Waals surface area (Å²) in [7, 11) is 0. The van der Waals surface area contributed by atoms with E-state index in [2.05, 4.69) is 0 Å². The first-order valence-corrected chi connectivity index (χ1v) is 7.39. The van der Waals surface area contributed by atoms with Crippen LogP contribution in [0.2, 0.25) is 0 Å². The minimum Gasteiger partial charge on any atom is -0.427 e. The molecule has 0 unspecified atom stereocenters. The predicted octanol–water partition coefficient (Wildman–Crippen LogP) is 4.17. The van der Waals surface area contributed by atoms with E-state index in [0.29, 0.717) is 0 Å². The van der Waals surface area contributed by atoms with Gasteiger partial charge in [0.25, 0.3) is 0 Å². The maximum Gasteiger partial charge on any atom is 0.314 e. The van der Waals surface area contributed by atoms with E-state index in [4.69, 9.17) is 9.47 Å². The summed E-state index contributed by atoms with van der Waals surface area (Å²) in [5.74, 6) is -0.729. The Kier molecular flexibility index (Phi) is 5.67. The molecule has 0 aliphatic rings. The number of carbonyl (C=O) groups excluding carboxylic acids is 2. The maximum absolute atomic E-state index is 12.1. The van der Waals surface area contributed by atoms with Crippen molar-refractivity contribution in [2.45, 2.75) is 69.2 Å². The third kappa shape index (κ3) is 4.45. The van der Waals surface area contributed by atoms with Gasteiger partial charge in [0.15, 0.2) is 0 Å². The molecule has 0 fully saturated rings. The Morgan fingerprint density at radius 1 is 0.619 bits per heavy atom. The molecule has 0 atom stereocenters. The number of carbonyl (C=O) groups is 2. The van der Waals surface area contributed by atoms with Crippen molar-refractivity contribution in [1.29, 1.82) is 0 Å². The monoisotopic (exact) mass is 300 g/mol. The molecule has 4 nitrogen and oxygen atoms in total. The number of esters is 2. The lowest BCUT2D eigenvalue weighted by molar-refractivity contribution is -0.185. The first kappa shape index (κ1) is 19.9. The number of hydrogen-bond acceptors (Lipinski definition) is 4. The van der Waals surface area contributed by atoms with Crippen molar-refractivity contribution in [3.63, 3.8) is 0 Å². The van der Waals surface area contributed by atoms with Crippen LogP contribution in [0.15, 0.2) is 0 Å². The summed E-state index contributed by atoms with van der Waals surface area (Å²) in [4.78, 5) is 24.3. The molecule has 0 heterocycles. The molecule has 4 heteroatoms. The zero-order valence-electron chi connectivity index (χ0n) is 15.3. The van der Waals surface area contributed by atoms with Gasteiger partial charge in [-0.15, -0.1) is 0 Å². The number of ether oxygens (including phenoxy) is 2. The molecule has 0 bridgehead atoms. The van der Waals surface area contributed by atoms with Crippen LogP contribution in [0, 0.1) is 21.7 Å². The highest BCUT2D eigenvalue weighted by Crippen LogP contribution is 2.40. The Morgan fingerprint density at radius 2 is 0.857 bits per heavy atom. The lowest BCUT2D eigenvalue weighted by atomic mass is 9.69. The normalized spacial score (nSPS) is 13.8. The van der Waals surface area contributed by atoms with Crippen LogP contribution in [0.5, 0.6) is 0 Å². The average Bonchev–Trinajstić information content (AvgIpc) is 2.25. The van der Waals surface area contributed by atoms with E-state index in [0.717, 1.165) is 0 Å². The van der Waals surface area contributed by atoms with Gasteiger partial charge in [-0.3, -0.25) is 9.59 Å². The average molecular weight is 300 g/mol. The fourth-order valence-corrected chi connectivity index (χ4v) is 1.11. The zero-order valence-corrected chi connectivity index (χ0v) is 15.3. The van der Waals surface area contributed by atoms with Crippen LogP contribution in [0.1, 0.15) is 69.2 Å². The van der Waals surface area contributed by atoms with Gasteiger partial charge in [0.05, 0.1) is 10.8 Å². The molecule has 0 N–H and O–H groups in total. The SMILES string of the molecule is CC(C)(C)C(C)(C)C(=O)OCOC(=O)C(C)(C)C(C)(C)C. The van der Waals surface area contributed by atoms with E-state index in [1.54, 1.807) is 0 Å². The van der Waals surface area contributed by atoms with Gasteiger partial charge < -0.3 is 9.47 Å². The minimum absolute atomic E-state index is 0.237.